The van der Waals surface area contributed by atoms with E-state index in [1.54, 1.807) is 0 Å². The van der Waals surface area contributed by atoms with E-state index >= 15 is 0 Å². The molecular weight excluding hydrogens is 306 g/mol. The molecule has 0 aliphatic rings. The molecule has 0 heterocycles. The Morgan fingerprint density at radius 1 is 1.11 bits per heavy atom. The van der Waals surface area contributed by atoms with Gasteiger partial charge in [-0.1, -0.05) is 19.9 Å². The number of benzene rings is 1. The number of ether oxygens (including phenoxy) is 2. The SMILES string of the molecule is CCCNCc1ccc(OCCOCCC)c(Br)c1. The van der Waals surface area contributed by atoms with Crippen molar-refractivity contribution in [1.82, 2.24) is 5.32 Å². The summed E-state index contributed by atoms with van der Waals surface area (Å²) in [6.07, 6.45) is 2.20. The maximum Gasteiger partial charge on any atom is 0.133 e. The molecule has 1 rings (SSSR count). The van der Waals surface area contributed by atoms with Crippen molar-refractivity contribution in [3.63, 3.8) is 0 Å². The fraction of sp³-hybridized carbons (Fsp3) is 0.600. The number of hydrogen-bond acceptors (Lipinski definition) is 3. The van der Waals surface area contributed by atoms with Crippen molar-refractivity contribution in [2.45, 2.75) is 33.2 Å². The Kier molecular flexibility index (Phi) is 8.88. The third-order valence-corrected chi connectivity index (χ3v) is 3.21. The van der Waals surface area contributed by atoms with Crippen molar-refractivity contribution in [2.24, 2.45) is 0 Å². The summed E-state index contributed by atoms with van der Waals surface area (Å²) < 4.78 is 12.1. The summed E-state index contributed by atoms with van der Waals surface area (Å²) in [6, 6.07) is 6.20. The monoisotopic (exact) mass is 329 g/mol. The Morgan fingerprint density at radius 2 is 1.95 bits per heavy atom. The molecule has 0 aromatic heterocycles. The zero-order chi connectivity index (χ0) is 13.9. The highest BCUT2D eigenvalue weighted by Crippen LogP contribution is 2.25. The van der Waals surface area contributed by atoms with Gasteiger partial charge in [-0.05, 0) is 53.0 Å². The number of rotatable bonds is 10. The molecule has 0 aliphatic carbocycles. The van der Waals surface area contributed by atoms with Gasteiger partial charge < -0.3 is 14.8 Å². The average molecular weight is 330 g/mol. The first-order valence-corrected chi connectivity index (χ1v) is 7.77. The van der Waals surface area contributed by atoms with Crippen LogP contribution in [-0.4, -0.2) is 26.4 Å². The van der Waals surface area contributed by atoms with Gasteiger partial charge in [-0.15, -0.1) is 0 Å². The van der Waals surface area contributed by atoms with E-state index < -0.39 is 0 Å². The minimum Gasteiger partial charge on any atom is -0.490 e. The Balaban J connectivity index is 2.34. The maximum atomic E-state index is 5.67. The molecule has 0 saturated carbocycles. The second kappa shape index (κ2) is 10.2. The minimum atomic E-state index is 0.589. The van der Waals surface area contributed by atoms with Crippen molar-refractivity contribution in [3.05, 3.63) is 28.2 Å². The highest BCUT2D eigenvalue weighted by Gasteiger charge is 2.02. The van der Waals surface area contributed by atoms with Crippen LogP contribution in [0.4, 0.5) is 0 Å². The molecule has 0 unspecified atom stereocenters. The minimum absolute atomic E-state index is 0.589. The normalized spacial score (nSPS) is 10.7. The first-order chi connectivity index (χ1) is 9.27. The molecule has 0 saturated heterocycles. The van der Waals surface area contributed by atoms with E-state index in [-0.39, 0.29) is 0 Å². The predicted octanol–water partition coefficient (Wildman–Crippen LogP) is 3.75. The van der Waals surface area contributed by atoms with Gasteiger partial charge in [-0.3, -0.25) is 0 Å². The van der Waals surface area contributed by atoms with Crippen LogP contribution in [-0.2, 0) is 11.3 Å². The zero-order valence-electron chi connectivity index (χ0n) is 11.9. The number of hydrogen-bond donors (Lipinski definition) is 1. The van der Waals surface area contributed by atoms with E-state index in [2.05, 4.69) is 47.2 Å². The fourth-order valence-electron chi connectivity index (χ4n) is 1.64. The van der Waals surface area contributed by atoms with E-state index in [9.17, 15) is 0 Å². The molecular formula is C15H24BrNO2. The van der Waals surface area contributed by atoms with Gasteiger partial charge in [0.15, 0.2) is 0 Å². The quantitative estimate of drug-likeness (QED) is 0.663. The molecule has 3 nitrogen and oxygen atoms in total. The molecule has 0 fully saturated rings. The second-order valence-electron chi connectivity index (χ2n) is 4.40. The van der Waals surface area contributed by atoms with Gasteiger partial charge in [0.2, 0.25) is 0 Å². The molecule has 0 bridgehead atoms. The fourth-order valence-corrected chi connectivity index (χ4v) is 2.18. The van der Waals surface area contributed by atoms with Gasteiger partial charge in [-0.2, -0.15) is 0 Å². The molecule has 1 N–H and O–H groups in total. The Morgan fingerprint density at radius 3 is 2.63 bits per heavy atom. The van der Waals surface area contributed by atoms with Crippen LogP contribution in [0.15, 0.2) is 22.7 Å². The summed E-state index contributed by atoms with van der Waals surface area (Å²) >= 11 is 3.55. The summed E-state index contributed by atoms with van der Waals surface area (Å²) in [4.78, 5) is 0. The van der Waals surface area contributed by atoms with Gasteiger partial charge in [0.1, 0.15) is 12.4 Å². The van der Waals surface area contributed by atoms with Crippen LogP contribution >= 0.6 is 15.9 Å². The first-order valence-electron chi connectivity index (χ1n) is 6.97. The summed E-state index contributed by atoms with van der Waals surface area (Å²) in [5, 5.41) is 3.38. The van der Waals surface area contributed by atoms with Gasteiger partial charge in [-0.25, -0.2) is 0 Å². The van der Waals surface area contributed by atoms with Gasteiger partial charge >= 0.3 is 0 Å². The van der Waals surface area contributed by atoms with Gasteiger partial charge in [0.05, 0.1) is 11.1 Å². The molecule has 0 atom stereocenters. The van der Waals surface area contributed by atoms with Crippen molar-refractivity contribution >= 4 is 15.9 Å². The smallest absolute Gasteiger partial charge is 0.133 e. The third-order valence-electron chi connectivity index (χ3n) is 2.59. The van der Waals surface area contributed by atoms with Crippen molar-refractivity contribution < 1.29 is 9.47 Å². The molecule has 1 aromatic carbocycles. The molecule has 0 radical (unpaired) electrons. The van der Waals surface area contributed by atoms with Crippen LogP contribution < -0.4 is 10.1 Å². The van der Waals surface area contributed by atoms with E-state index in [1.165, 1.54) is 5.56 Å². The lowest BCUT2D eigenvalue weighted by molar-refractivity contribution is 0.100. The van der Waals surface area contributed by atoms with Crippen molar-refractivity contribution in [2.75, 3.05) is 26.4 Å². The van der Waals surface area contributed by atoms with Crippen molar-refractivity contribution in [3.8, 4) is 5.75 Å². The van der Waals surface area contributed by atoms with E-state index in [1.807, 2.05) is 6.07 Å². The molecule has 4 heteroatoms. The Bertz CT molecular complexity index is 358. The van der Waals surface area contributed by atoms with Crippen LogP contribution in [0.25, 0.3) is 0 Å². The van der Waals surface area contributed by atoms with Crippen LogP contribution in [0.2, 0.25) is 0 Å². The van der Waals surface area contributed by atoms with E-state index in [0.717, 1.165) is 42.8 Å². The zero-order valence-corrected chi connectivity index (χ0v) is 13.5. The lowest BCUT2D eigenvalue weighted by atomic mass is 10.2. The summed E-state index contributed by atoms with van der Waals surface area (Å²) in [5.74, 6) is 0.874. The van der Waals surface area contributed by atoms with Crippen LogP contribution in [0, 0.1) is 0 Å². The molecule has 0 amide bonds. The van der Waals surface area contributed by atoms with Crippen LogP contribution in [0.1, 0.15) is 32.3 Å². The van der Waals surface area contributed by atoms with Gasteiger partial charge in [0.25, 0.3) is 0 Å². The lowest BCUT2D eigenvalue weighted by Gasteiger charge is -2.10. The first kappa shape index (κ1) is 16.5. The van der Waals surface area contributed by atoms with Crippen LogP contribution in [0.3, 0.4) is 0 Å². The predicted molar refractivity (Wildman–Crippen MR) is 82.7 cm³/mol. The molecule has 0 spiro atoms. The molecule has 19 heavy (non-hydrogen) atoms. The lowest BCUT2D eigenvalue weighted by Crippen LogP contribution is -2.13. The topological polar surface area (TPSA) is 30.5 Å². The molecule has 1 aromatic rings. The second-order valence-corrected chi connectivity index (χ2v) is 5.26. The molecule has 108 valence electrons. The average Bonchev–Trinajstić information content (AvgIpc) is 2.41. The van der Waals surface area contributed by atoms with E-state index in [4.69, 9.17) is 9.47 Å². The highest BCUT2D eigenvalue weighted by molar-refractivity contribution is 9.10. The summed E-state index contributed by atoms with van der Waals surface area (Å²) in [5.41, 5.74) is 1.26. The largest absolute Gasteiger partial charge is 0.490 e. The summed E-state index contributed by atoms with van der Waals surface area (Å²) in [7, 11) is 0. The van der Waals surface area contributed by atoms with Crippen molar-refractivity contribution in [1.29, 1.82) is 0 Å². The Labute approximate surface area is 124 Å². The summed E-state index contributed by atoms with van der Waals surface area (Å²) in [6.45, 7) is 8.23. The highest BCUT2D eigenvalue weighted by atomic mass is 79.9. The standard InChI is InChI=1S/C15H24BrNO2/c1-3-7-17-12-13-5-6-15(14(16)11-13)19-10-9-18-8-4-2/h5-6,11,17H,3-4,7-10,12H2,1-2H3. The number of nitrogens with one attached hydrogen (secondary N) is 1. The van der Waals surface area contributed by atoms with Crippen LogP contribution in [0.5, 0.6) is 5.75 Å². The molecule has 0 aliphatic heterocycles. The van der Waals surface area contributed by atoms with Gasteiger partial charge in [0, 0.05) is 13.2 Å². The third kappa shape index (κ3) is 6.95. The van der Waals surface area contributed by atoms with E-state index in [0.29, 0.717) is 13.2 Å². The maximum absolute atomic E-state index is 5.67. The Hall–Kier alpha value is -0.580. The number of halogens is 1.